The predicted molar refractivity (Wildman–Crippen MR) is 167 cm³/mol. The standard InChI is InChI=1S/C36H41F4N3O2/c1-23-9-5-13-29(37)31(23)34(45)43-20-7-12-28(33(44)41-27-11-6-10-26(21-27)35(2,3)4)32(43)25-17-15-24(16-18-25)22-42-19-8-14-30(42)36(38,39)40/h5-6,9-11,13,15-18,21,28,30,32H,7-8,12,14,19-20,22H2,1-4H3,(H,41,44)/t28?,30-,32+/m1/s1. The summed E-state index contributed by atoms with van der Waals surface area (Å²) < 4.78 is 55.7. The monoisotopic (exact) mass is 623 g/mol. The van der Waals surface area contributed by atoms with Gasteiger partial charge in [-0.25, -0.2) is 4.39 Å². The van der Waals surface area contributed by atoms with Gasteiger partial charge in [-0.3, -0.25) is 14.5 Å². The predicted octanol–water partition coefficient (Wildman–Crippen LogP) is 8.19. The molecule has 5 nitrogen and oxygen atoms in total. The van der Waals surface area contributed by atoms with Gasteiger partial charge in [0, 0.05) is 18.8 Å². The number of alkyl halides is 3. The minimum Gasteiger partial charge on any atom is -0.331 e. The van der Waals surface area contributed by atoms with E-state index in [4.69, 9.17) is 0 Å². The second-order valence-corrected chi connectivity index (χ2v) is 13.4. The molecular weight excluding hydrogens is 582 g/mol. The summed E-state index contributed by atoms with van der Waals surface area (Å²) in [5.41, 5.74) is 3.47. The molecule has 2 aliphatic heterocycles. The van der Waals surface area contributed by atoms with Crippen LogP contribution < -0.4 is 5.32 Å². The minimum atomic E-state index is -4.28. The number of hydrogen-bond donors (Lipinski definition) is 1. The van der Waals surface area contributed by atoms with Crippen LogP contribution in [-0.2, 0) is 16.8 Å². The van der Waals surface area contributed by atoms with E-state index in [-0.39, 0.29) is 29.9 Å². The zero-order valence-electron chi connectivity index (χ0n) is 26.3. The van der Waals surface area contributed by atoms with Crippen molar-refractivity contribution in [2.75, 3.05) is 18.4 Å². The van der Waals surface area contributed by atoms with Crippen molar-refractivity contribution in [1.82, 2.24) is 9.80 Å². The van der Waals surface area contributed by atoms with Crippen molar-refractivity contribution >= 4 is 17.5 Å². The van der Waals surface area contributed by atoms with Gasteiger partial charge >= 0.3 is 6.18 Å². The molecule has 0 bridgehead atoms. The molecule has 0 aliphatic carbocycles. The number of nitrogens with one attached hydrogen (secondary N) is 1. The Hall–Kier alpha value is -3.72. The number of amides is 2. The molecule has 1 N–H and O–H groups in total. The molecule has 3 aromatic rings. The van der Waals surface area contributed by atoms with Crippen LogP contribution in [0.25, 0.3) is 0 Å². The largest absolute Gasteiger partial charge is 0.404 e. The van der Waals surface area contributed by atoms with E-state index in [0.717, 1.165) is 5.56 Å². The van der Waals surface area contributed by atoms with E-state index < -0.39 is 35.9 Å². The fraction of sp³-hybridized carbons (Fsp3) is 0.444. The molecule has 3 atom stereocenters. The molecule has 2 heterocycles. The Bertz CT molecular complexity index is 1510. The average molecular weight is 624 g/mol. The summed E-state index contributed by atoms with van der Waals surface area (Å²) in [6, 6.07) is 17.2. The number of anilines is 1. The number of carbonyl (C=O) groups excluding carboxylic acids is 2. The molecule has 0 spiro atoms. The van der Waals surface area contributed by atoms with Gasteiger partial charge in [0.15, 0.2) is 0 Å². The quantitative estimate of drug-likeness (QED) is 0.282. The average Bonchev–Trinajstić information content (AvgIpc) is 3.46. The molecule has 9 heteroatoms. The topological polar surface area (TPSA) is 52.7 Å². The van der Waals surface area contributed by atoms with Crippen LogP contribution in [0.2, 0.25) is 0 Å². The lowest BCUT2D eigenvalue weighted by atomic mass is 9.82. The molecule has 240 valence electrons. The summed E-state index contributed by atoms with van der Waals surface area (Å²) in [7, 11) is 0. The maximum atomic E-state index is 15.0. The third-order valence-electron chi connectivity index (χ3n) is 9.11. The third-order valence-corrected chi connectivity index (χ3v) is 9.11. The van der Waals surface area contributed by atoms with Crippen LogP contribution >= 0.6 is 0 Å². The highest BCUT2D eigenvalue weighted by atomic mass is 19.4. The van der Waals surface area contributed by atoms with Gasteiger partial charge in [-0.1, -0.05) is 69.3 Å². The van der Waals surface area contributed by atoms with Gasteiger partial charge in [-0.15, -0.1) is 0 Å². The fourth-order valence-electron chi connectivity index (χ4n) is 6.70. The van der Waals surface area contributed by atoms with Gasteiger partial charge in [0.1, 0.15) is 11.9 Å². The summed E-state index contributed by atoms with van der Waals surface area (Å²) in [4.78, 5) is 31.0. The first-order chi connectivity index (χ1) is 21.2. The summed E-state index contributed by atoms with van der Waals surface area (Å²) >= 11 is 0. The number of benzene rings is 3. The van der Waals surface area contributed by atoms with E-state index in [0.29, 0.717) is 54.7 Å². The van der Waals surface area contributed by atoms with Gasteiger partial charge < -0.3 is 10.2 Å². The summed E-state index contributed by atoms with van der Waals surface area (Å²) in [6.45, 7) is 8.83. The molecule has 0 radical (unpaired) electrons. The Labute approximate surface area is 262 Å². The highest BCUT2D eigenvalue weighted by molar-refractivity contribution is 5.98. The third kappa shape index (κ3) is 7.24. The SMILES string of the molecule is Cc1cccc(F)c1C(=O)N1CCCC(C(=O)Nc2cccc(C(C)(C)C)c2)[C@@H]1c1ccc(CN2CCC[C@@H]2C(F)(F)F)cc1. The van der Waals surface area contributed by atoms with E-state index >= 15 is 4.39 Å². The van der Waals surface area contributed by atoms with Crippen LogP contribution in [0.1, 0.15) is 85.1 Å². The first-order valence-corrected chi connectivity index (χ1v) is 15.6. The van der Waals surface area contributed by atoms with Gasteiger partial charge in [0.25, 0.3) is 5.91 Å². The molecule has 0 saturated carbocycles. The second-order valence-electron chi connectivity index (χ2n) is 13.4. The van der Waals surface area contributed by atoms with Crippen molar-refractivity contribution in [2.24, 2.45) is 5.92 Å². The Morgan fingerprint density at radius 2 is 1.60 bits per heavy atom. The van der Waals surface area contributed by atoms with Crippen LogP contribution in [0.4, 0.5) is 23.2 Å². The number of carbonyl (C=O) groups is 2. The van der Waals surface area contributed by atoms with Crippen molar-refractivity contribution in [3.63, 3.8) is 0 Å². The molecule has 2 aliphatic rings. The lowest BCUT2D eigenvalue weighted by Gasteiger charge is -2.41. The van der Waals surface area contributed by atoms with E-state index in [1.54, 1.807) is 48.2 Å². The van der Waals surface area contributed by atoms with Crippen molar-refractivity contribution in [3.8, 4) is 0 Å². The molecule has 5 rings (SSSR count). The fourth-order valence-corrected chi connectivity index (χ4v) is 6.70. The number of piperidine rings is 1. The molecule has 2 amide bonds. The van der Waals surface area contributed by atoms with Gasteiger partial charge in [-0.2, -0.15) is 13.2 Å². The van der Waals surface area contributed by atoms with Crippen molar-refractivity contribution in [3.05, 3.63) is 100 Å². The lowest BCUT2D eigenvalue weighted by Crippen LogP contribution is -2.46. The normalized spacial score (nSPS) is 21.2. The van der Waals surface area contributed by atoms with Crippen molar-refractivity contribution in [1.29, 1.82) is 0 Å². The molecule has 2 fully saturated rings. The highest BCUT2D eigenvalue weighted by Crippen LogP contribution is 2.39. The Kier molecular flexibility index (Phi) is 9.40. The van der Waals surface area contributed by atoms with E-state index in [1.807, 2.05) is 24.3 Å². The number of hydrogen-bond acceptors (Lipinski definition) is 3. The van der Waals surface area contributed by atoms with Gasteiger partial charge in [0.2, 0.25) is 5.91 Å². The minimum absolute atomic E-state index is 0.0229. The van der Waals surface area contributed by atoms with Crippen molar-refractivity contribution < 1.29 is 27.2 Å². The molecule has 3 aromatic carbocycles. The second kappa shape index (κ2) is 12.9. The molecule has 0 aromatic heterocycles. The lowest BCUT2D eigenvalue weighted by molar-refractivity contribution is -0.177. The zero-order chi connectivity index (χ0) is 32.5. The summed E-state index contributed by atoms with van der Waals surface area (Å²) in [5, 5.41) is 3.06. The van der Waals surface area contributed by atoms with E-state index in [2.05, 4.69) is 26.1 Å². The van der Waals surface area contributed by atoms with Crippen LogP contribution in [-0.4, -0.2) is 46.9 Å². The number of nitrogens with zero attached hydrogens (tertiary/aromatic N) is 2. The molecule has 45 heavy (non-hydrogen) atoms. The Morgan fingerprint density at radius 3 is 2.27 bits per heavy atom. The highest BCUT2D eigenvalue weighted by Gasteiger charge is 2.46. The van der Waals surface area contributed by atoms with Crippen LogP contribution in [0.5, 0.6) is 0 Å². The van der Waals surface area contributed by atoms with Crippen LogP contribution in [0, 0.1) is 18.7 Å². The number of halogens is 4. The van der Waals surface area contributed by atoms with Gasteiger partial charge in [-0.05, 0) is 85.0 Å². The Balaban J connectivity index is 1.46. The summed E-state index contributed by atoms with van der Waals surface area (Å²) in [6.07, 6.45) is -2.63. The maximum Gasteiger partial charge on any atom is 0.404 e. The van der Waals surface area contributed by atoms with E-state index in [9.17, 15) is 22.8 Å². The molecule has 1 unspecified atom stereocenters. The van der Waals surface area contributed by atoms with Crippen LogP contribution in [0.15, 0.2) is 66.7 Å². The van der Waals surface area contributed by atoms with Gasteiger partial charge in [0.05, 0.1) is 17.5 Å². The number of aryl methyl sites for hydroxylation is 1. The van der Waals surface area contributed by atoms with E-state index in [1.165, 1.54) is 11.0 Å². The van der Waals surface area contributed by atoms with Crippen LogP contribution in [0.3, 0.4) is 0 Å². The molecular formula is C36H41F4N3O2. The zero-order valence-corrected chi connectivity index (χ0v) is 26.3. The maximum absolute atomic E-state index is 15.0. The number of likely N-dealkylation sites (tertiary alicyclic amines) is 2. The smallest absolute Gasteiger partial charge is 0.331 e. The Morgan fingerprint density at radius 1 is 0.911 bits per heavy atom. The molecule has 2 saturated heterocycles. The number of rotatable bonds is 6. The summed E-state index contributed by atoms with van der Waals surface area (Å²) in [5.74, 6) is -1.99. The first-order valence-electron chi connectivity index (χ1n) is 15.6. The van der Waals surface area contributed by atoms with Crippen molar-refractivity contribution in [2.45, 2.75) is 83.6 Å². The first kappa shape index (κ1) is 32.7.